The maximum absolute atomic E-state index is 14.4. The van der Waals surface area contributed by atoms with Gasteiger partial charge >= 0.3 is 0 Å². The van der Waals surface area contributed by atoms with Crippen LogP contribution in [0.5, 0.6) is 0 Å². The molecule has 5 nitrogen and oxygen atoms in total. The SMILES string of the molecule is CC(C)C[C@]1(O)C[C@@H](C)[C@H]2[C@@H]1C(=O)[C@@H]1[C@@H]3[C@H]4OCO[C@@H]4[C@H]4C[C@H](O)CC[C@]4(C)[C@H]3CC[C@]21C. The topological polar surface area (TPSA) is 76.0 Å². The number of carbonyl (C=O) groups is 1. The maximum Gasteiger partial charge on any atom is 0.147 e. The standard InChI is InChI=1S/C28H44O5/c1-14(2)11-28(31)12-15(3)20-22(28)23(30)21-19-17(7-9-27(20,21)5)26(4)8-6-16(29)10-18(26)24-25(19)33-13-32-24/h14-22,24-25,29,31H,6-13H2,1-5H3/t15-,16-,17+,18-,19-,20+,21+,22-,24-,25-,26-,27-,28+/m1/s1. The molecular weight excluding hydrogens is 416 g/mol. The molecule has 0 bridgehead atoms. The van der Waals surface area contributed by atoms with E-state index >= 15 is 0 Å². The number of aliphatic hydroxyl groups is 2. The smallest absolute Gasteiger partial charge is 0.147 e. The van der Waals surface area contributed by atoms with Crippen molar-refractivity contribution in [3.8, 4) is 0 Å². The first kappa shape index (κ1) is 22.9. The van der Waals surface area contributed by atoms with E-state index < -0.39 is 5.60 Å². The Labute approximate surface area is 199 Å². The normalized spacial score (nSPS) is 59.7. The average molecular weight is 461 g/mol. The van der Waals surface area contributed by atoms with Crippen LogP contribution in [0.15, 0.2) is 0 Å². The van der Waals surface area contributed by atoms with Gasteiger partial charge in [0, 0.05) is 11.8 Å². The Hall–Kier alpha value is -0.490. The molecule has 6 rings (SSSR count). The zero-order chi connectivity index (χ0) is 23.5. The largest absolute Gasteiger partial charge is 0.393 e. The molecule has 0 aromatic rings. The summed E-state index contributed by atoms with van der Waals surface area (Å²) >= 11 is 0. The fraction of sp³-hybridized carbons (Fsp3) is 0.964. The summed E-state index contributed by atoms with van der Waals surface area (Å²) in [5, 5.41) is 22.4. The highest BCUT2D eigenvalue weighted by atomic mass is 16.7. The average Bonchev–Trinajstić information content (AvgIpc) is 3.36. The molecular formula is C28H44O5. The van der Waals surface area contributed by atoms with Crippen LogP contribution in [0.4, 0.5) is 0 Å². The van der Waals surface area contributed by atoms with Gasteiger partial charge in [-0.25, -0.2) is 0 Å². The molecule has 6 aliphatic rings. The summed E-state index contributed by atoms with van der Waals surface area (Å²) < 4.78 is 12.5. The molecule has 13 atom stereocenters. The highest BCUT2D eigenvalue weighted by molar-refractivity contribution is 5.89. The minimum absolute atomic E-state index is 0.0197. The predicted molar refractivity (Wildman–Crippen MR) is 124 cm³/mol. The monoisotopic (exact) mass is 460 g/mol. The van der Waals surface area contributed by atoms with Crippen molar-refractivity contribution >= 4 is 5.78 Å². The third-order valence-corrected chi connectivity index (χ3v) is 11.8. The van der Waals surface area contributed by atoms with Gasteiger partial charge in [0.25, 0.3) is 0 Å². The number of carbonyl (C=O) groups excluding carboxylic acids is 1. The second-order valence-electron chi connectivity index (χ2n) is 13.9. The van der Waals surface area contributed by atoms with Gasteiger partial charge in [0.1, 0.15) is 12.6 Å². The van der Waals surface area contributed by atoms with Crippen molar-refractivity contribution in [1.29, 1.82) is 0 Å². The van der Waals surface area contributed by atoms with Crippen LogP contribution in [0.1, 0.15) is 79.6 Å². The lowest BCUT2D eigenvalue weighted by Crippen LogP contribution is -2.64. The van der Waals surface area contributed by atoms with E-state index in [0.29, 0.717) is 42.7 Å². The summed E-state index contributed by atoms with van der Waals surface area (Å²) in [4.78, 5) is 14.4. The van der Waals surface area contributed by atoms with Gasteiger partial charge in [0.05, 0.1) is 29.8 Å². The highest BCUT2D eigenvalue weighted by Gasteiger charge is 2.74. The third-order valence-electron chi connectivity index (χ3n) is 11.8. The summed E-state index contributed by atoms with van der Waals surface area (Å²) in [6.45, 7) is 11.7. The van der Waals surface area contributed by atoms with Crippen LogP contribution in [-0.4, -0.2) is 46.7 Å². The van der Waals surface area contributed by atoms with Gasteiger partial charge in [-0.05, 0) is 85.4 Å². The van der Waals surface area contributed by atoms with Gasteiger partial charge in [0.2, 0.25) is 0 Å². The van der Waals surface area contributed by atoms with Gasteiger partial charge in [-0.2, -0.15) is 0 Å². The van der Waals surface area contributed by atoms with Crippen molar-refractivity contribution in [3.05, 3.63) is 0 Å². The third kappa shape index (κ3) is 2.89. The molecule has 0 amide bonds. The van der Waals surface area contributed by atoms with Crippen LogP contribution in [0.2, 0.25) is 0 Å². The second-order valence-corrected chi connectivity index (χ2v) is 13.9. The molecule has 1 saturated heterocycles. The second kappa shape index (κ2) is 7.27. The van der Waals surface area contributed by atoms with Gasteiger partial charge in [-0.1, -0.05) is 34.6 Å². The van der Waals surface area contributed by atoms with E-state index in [0.717, 1.165) is 38.5 Å². The van der Waals surface area contributed by atoms with E-state index in [9.17, 15) is 15.0 Å². The van der Waals surface area contributed by atoms with Crippen molar-refractivity contribution in [2.45, 2.75) is 103 Å². The molecule has 2 N–H and O–H groups in total. The molecule has 6 fully saturated rings. The first-order valence-corrected chi connectivity index (χ1v) is 13.7. The summed E-state index contributed by atoms with van der Waals surface area (Å²) in [6, 6.07) is 0. The molecule has 5 aliphatic carbocycles. The summed E-state index contributed by atoms with van der Waals surface area (Å²) in [5.74, 6) is 1.94. The van der Waals surface area contributed by atoms with E-state index in [1.807, 2.05) is 0 Å². The first-order valence-electron chi connectivity index (χ1n) is 13.7. The first-order chi connectivity index (χ1) is 15.5. The van der Waals surface area contributed by atoms with Crippen molar-refractivity contribution in [2.75, 3.05) is 6.79 Å². The zero-order valence-corrected chi connectivity index (χ0v) is 21.1. The molecule has 0 aromatic heterocycles. The zero-order valence-electron chi connectivity index (χ0n) is 21.1. The summed E-state index contributed by atoms with van der Waals surface area (Å²) in [5.41, 5.74) is -0.858. The lowest BCUT2D eigenvalue weighted by Gasteiger charge is -2.63. The molecule has 33 heavy (non-hydrogen) atoms. The Morgan fingerprint density at radius 1 is 1.03 bits per heavy atom. The maximum atomic E-state index is 14.4. The number of aliphatic hydroxyl groups excluding tert-OH is 1. The fourth-order valence-electron chi connectivity index (χ4n) is 11.0. The predicted octanol–water partition coefficient (Wildman–Crippen LogP) is 4.19. The molecule has 0 aromatic carbocycles. The van der Waals surface area contributed by atoms with Crippen molar-refractivity contribution in [2.24, 2.45) is 58.2 Å². The Kier molecular flexibility index (Phi) is 5.06. The molecule has 1 heterocycles. The summed E-state index contributed by atoms with van der Waals surface area (Å²) in [7, 11) is 0. The van der Waals surface area contributed by atoms with Crippen LogP contribution in [-0.2, 0) is 14.3 Å². The van der Waals surface area contributed by atoms with Crippen molar-refractivity contribution < 1.29 is 24.5 Å². The Morgan fingerprint density at radius 2 is 1.73 bits per heavy atom. The number of ketones is 1. The molecule has 0 spiro atoms. The fourth-order valence-corrected chi connectivity index (χ4v) is 11.0. The van der Waals surface area contributed by atoms with Gasteiger partial charge in [-0.3, -0.25) is 4.79 Å². The van der Waals surface area contributed by atoms with Crippen LogP contribution in [0, 0.1) is 58.2 Å². The molecule has 0 radical (unpaired) electrons. The number of rotatable bonds is 2. The van der Waals surface area contributed by atoms with Crippen molar-refractivity contribution in [1.82, 2.24) is 0 Å². The number of ether oxygens (including phenoxy) is 2. The highest BCUT2D eigenvalue weighted by Crippen LogP contribution is 2.72. The Morgan fingerprint density at radius 3 is 2.45 bits per heavy atom. The molecule has 0 unspecified atom stereocenters. The van der Waals surface area contributed by atoms with E-state index in [2.05, 4.69) is 34.6 Å². The number of hydrogen-bond donors (Lipinski definition) is 2. The molecule has 1 aliphatic heterocycles. The van der Waals surface area contributed by atoms with E-state index in [-0.39, 0.29) is 52.8 Å². The molecule has 5 saturated carbocycles. The quantitative estimate of drug-likeness (QED) is 0.646. The lowest BCUT2D eigenvalue weighted by molar-refractivity contribution is -0.191. The Bertz CT molecular complexity index is 827. The molecule has 186 valence electrons. The van der Waals surface area contributed by atoms with Gasteiger partial charge < -0.3 is 19.7 Å². The number of Topliss-reactive ketones (excluding diaryl/α,β-unsaturated/α-hetero) is 1. The molecule has 5 heteroatoms. The minimum Gasteiger partial charge on any atom is -0.393 e. The minimum atomic E-state index is -0.867. The van der Waals surface area contributed by atoms with E-state index in [1.54, 1.807) is 0 Å². The van der Waals surface area contributed by atoms with Gasteiger partial charge in [-0.15, -0.1) is 0 Å². The van der Waals surface area contributed by atoms with Crippen LogP contribution in [0.3, 0.4) is 0 Å². The number of fused-ring (bicyclic) bond motifs is 10. The van der Waals surface area contributed by atoms with E-state index in [1.165, 1.54) is 0 Å². The lowest BCUT2D eigenvalue weighted by atomic mass is 9.43. The Balaban J connectivity index is 1.43. The van der Waals surface area contributed by atoms with Crippen LogP contribution < -0.4 is 0 Å². The van der Waals surface area contributed by atoms with Crippen molar-refractivity contribution in [3.63, 3.8) is 0 Å². The van der Waals surface area contributed by atoms with Crippen LogP contribution >= 0.6 is 0 Å². The summed E-state index contributed by atoms with van der Waals surface area (Å²) in [6.07, 6.45) is 5.97. The van der Waals surface area contributed by atoms with E-state index in [4.69, 9.17) is 9.47 Å². The van der Waals surface area contributed by atoms with Crippen LogP contribution in [0.25, 0.3) is 0 Å². The van der Waals surface area contributed by atoms with Gasteiger partial charge in [0.15, 0.2) is 0 Å². The number of hydrogen-bond acceptors (Lipinski definition) is 5.